The third kappa shape index (κ3) is 3.40. The summed E-state index contributed by atoms with van der Waals surface area (Å²) >= 11 is 1.61. The summed E-state index contributed by atoms with van der Waals surface area (Å²) in [6.07, 6.45) is 4.92. The van der Waals surface area contributed by atoms with E-state index in [-0.39, 0.29) is 6.04 Å². The molecular weight excluding hydrogens is 238 g/mol. The van der Waals surface area contributed by atoms with E-state index in [4.69, 9.17) is 10.5 Å². The highest BCUT2D eigenvalue weighted by molar-refractivity contribution is 7.99. The molecule has 0 saturated heterocycles. The van der Waals surface area contributed by atoms with Crippen molar-refractivity contribution in [2.75, 3.05) is 19.5 Å². The fraction of sp³-hybridized carbons (Fsp3) is 0.900. The van der Waals surface area contributed by atoms with Gasteiger partial charge in [0.2, 0.25) is 5.16 Å². The first kappa shape index (κ1) is 12.8. The van der Waals surface area contributed by atoms with E-state index in [0.29, 0.717) is 12.6 Å². The van der Waals surface area contributed by atoms with Gasteiger partial charge >= 0.3 is 0 Å². The normalized spacial score (nSPS) is 18.7. The molecule has 1 fully saturated rings. The Kier molecular flexibility index (Phi) is 4.75. The maximum Gasteiger partial charge on any atom is 0.209 e. The van der Waals surface area contributed by atoms with Crippen molar-refractivity contribution in [3.8, 4) is 0 Å². The van der Waals surface area contributed by atoms with Crippen molar-refractivity contribution in [3.63, 3.8) is 0 Å². The molecule has 0 spiro atoms. The minimum atomic E-state index is 0.0266. The van der Waals surface area contributed by atoms with Crippen molar-refractivity contribution in [2.24, 2.45) is 5.73 Å². The molecule has 0 radical (unpaired) electrons. The van der Waals surface area contributed by atoms with E-state index < -0.39 is 0 Å². The van der Waals surface area contributed by atoms with Crippen LogP contribution in [0.15, 0.2) is 5.16 Å². The van der Waals surface area contributed by atoms with Crippen LogP contribution in [-0.2, 0) is 4.74 Å². The molecule has 1 saturated carbocycles. The average molecular weight is 257 g/mol. The number of hydrogen-bond donors (Lipinski definition) is 1. The van der Waals surface area contributed by atoms with Crippen molar-refractivity contribution >= 4 is 11.8 Å². The van der Waals surface area contributed by atoms with Gasteiger partial charge in [-0.1, -0.05) is 24.6 Å². The number of nitrogens with zero attached hydrogens (tertiary/aromatic N) is 4. The number of methoxy groups -OCH3 is 1. The van der Waals surface area contributed by atoms with E-state index in [9.17, 15) is 0 Å². The average Bonchev–Trinajstić information content (AvgIpc) is 2.97. The Morgan fingerprint density at radius 2 is 2.29 bits per heavy atom. The van der Waals surface area contributed by atoms with Crippen LogP contribution in [0.25, 0.3) is 0 Å². The lowest BCUT2D eigenvalue weighted by Gasteiger charge is -2.12. The minimum absolute atomic E-state index is 0.0266. The number of nitrogens with two attached hydrogens (primary N) is 1. The maximum absolute atomic E-state index is 5.88. The molecule has 1 aliphatic rings. The molecule has 96 valence electrons. The molecule has 0 aliphatic heterocycles. The van der Waals surface area contributed by atoms with Crippen molar-refractivity contribution in [1.82, 2.24) is 20.2 Å². The van der Waals surface area contributed by atoms with E-state index >= 15 is 0 Å². The number of hydrogen-bond acceptors (Lipinski definition) is 6. The van der Waals surface area contributed by atoms with Crippen LogP contribution in [0.1, 0.15) is 31.7 Å². The second-order valence-corrected chi connectivity index (χ2v) is 5.36. The first-order valence-corrected chi connectivity index (χ1v) is 6.95. The van der Waals surface area contributed by atoms with Gasteiger partial charge in [0.05, 0.1) is 12.6 Å². The number of rotatable bonds is 6. The van der Waals surface area contributed by atoms with Crippen LogP contribution in [0.2, 0.25) is 0 Å². The third-order valence-corrected chi connectivity index (χ3v) is 4.06. The van der Waals surface area contributed by atoms with Gasteiger partial charge in [0.1, 0.15) is 0 Å². The predicted molar refractivity (Wildman–Crippen MR) is 65.9 cm³/mol. The second kappa shape index (κ2) is 6.32. The molecule has 1 aromatic heterocycles. The van der Waals surface area contributed by atoms with Gasteiger partial charge in [0.25, 0.3) is 0 Å². The summed E-state index contributed by atoms with van der Waals surface area (Å²) in [5.41, 5.74) is 5.88. The summed E-state index contributed by atoms with van der Waals surface area (Å²) in [6.45, 7) is 0.567. The van der Waals surface area contributed by atoms with Crippen LogP contribution in [0, 0.1) is 0 Å². The van der Waals surface area contributed by atoms with Crippen LogP contribution >= 0.6 is 11.8 Å². The smallest absolute Gasteiger partial charge is 0.209 e. The molecule has 6 nitrogen and oxygen atoms in total. The van der Waals surface area contributed by atoms with Gasteiger partial charge in [0.15, 0.2) is 0 Å². The molecule has 7 heteroatoms. The molecule has 17 heavy (non-hydrogen) atoms. The lowest BCUT2D eigenvalue weighted by Crippen LogP contribution is -2.28. The fourth-order valence-corrected chi connectivity index (χ4v) is 2.97. The van der Waals surface area contributed by atoms with E-state index in [1.54, 1.807) is 18.9 Å². The van der Waals surface area contributed by atoms with Gasteiger partial charge in [-0.2, -0.15) is 0 Å². The minimum Gasteiger partial charge on any atom is -0.383 e. The third-order valence-electron chi connectivity index (χ3n) is 2.94. The largest absolute Gasteiger partial charge is 0.383 e. The van der Waals surface area contributed by atoms with E-state index in [2.05, 4.69) is 15.5 Å². The van der Waals surface area contributed by atoms with Gasteiger partial charge in [0, 0.05) is 18.9 Å². The number of thioether (sulfide) groups is 1. The Labute approximate surface area is 105 Å². The highest BCUT2D eigenvalue weighted by Crippen LogP contribution is 2.31. The van der Waals surface area contributed by atoms with Gasteiger partial charge in [-0.25, -0.2) is 4.68 Å². The molecule has 2 N–H and O–H groups in total. The summed E-state index contributed by atoms with van der Waals surface area (Å²) < 4.78 is 6.96. The Hall–Kier alpha value is -0.660. The zero-order chi connectivity index (χ0) is 12.1. The quantitative estimate of drug-likeness (QED) is 0.761. The molecule has 1 aliphatic carbocycles. The standard InChI is InChI=1S/C10H19N5OS/c1-16-6-8(11)7-17-10-12-13-14-15(10)9-4-2-3-5-9/h8-9H,2-7,11H2,1H3. The van der Waals surface area contributed by atoms with Crippen LogP contribution in [0.5, 0.6) is 0 Å². The summed E-state index contributed by atoms with van der Waals surface area (Å²) in [5.74, 6) is 0.779. The zero-order valence-corrected chi connectivity index (χ0v) is 10.9. The first-order chi connectivity index (χ1) is 8.31. The summed E-state index contributed by atoms with van der Waals surface area (Å²) in [6, 6.07) is 0.505. The predicted octanol–water partition coefficient (Wildman–Crippen LogP) is 0.854. The summed E-state index contributed by atoms with van der Waals surface area (Å²) in [5, 5.41) is 12.8. The maximum atomic E-state index is 5.88. The van der Waals surface area contributed by atoms with Crippen LogP contribution < -0.4 is 5.73 Å². The van der Waals surface area contributed by atoms with Crippen LogP contribution in [0.3, 0.4) is 0 Å². The molecule has 0 aromatic carbocycles. The monoisotopic (exact) mass is 257 g/mol. The molecule has 2 rings (SSSR count). The highest BCUT2D eigenvalue weighted by atomic mass is 32.2. The van der Waals surface area contributed by atoms with E-state index in [0.717, 1.165) is 10.9 Å². The molecule has 1 heterocycles. The lowest BCUT2D eigenvalue weighted by molar-refractivity contribution is 0.186. The SMILES string of the molecule is COCC(N)CSc1nnnn1C1CCCC1. The van der Waals surface area contributed by atoms with E-state index in [1.165, 1.54) is 25.7 Å². The highest BCUT2D eigenvalue weighted by Gasteiger charge is 2.21. The molecular formula is C10H19N5OS. The fourth-order valence-electron chi connectivity index (χ4n) is 2.10. The molecule has 1 atom stereocenters. The second-order valence-electron chi connectivity index (χ2n) is 4.37. The van der Waals surface area contributed by atoms with Crippen molar-refractivity contribution in [1.29, 1.82) is 0 Å². The number of ether oxygens (including phenoxy) is 1. The van der Waals surface area contributed by atoms with Gasteiger partial charge < -0.3 is 10.5 Å². The van der Waals surface area contributed by atoms with Crippen molar-refractivity contribution in [3.05, 3.63) is 0 Å². The first-order valence-electron chi connectivity index (χ1n) is 5.96. The zero-order valence-electron chi connectivity index (χ0n) is 10.1. The van der Waals surface area contributed by atoms with Crippen molar-refractivity contribution in [2.45, 2.75) is 42.9 Å². The van der Waals surface area contributed by atoms with E-state index in [1.807, 2.05) is 4.68 Å². The topological polar surface area (TPSA) is 78.8 Å². The molecule has 1 unspecified atom stereocenters. The Morgan fingerprint density at radius 1 is 1.53 bits per heavy atom. The van der Waals surface area contributed by atoms with Crippen LogP contribution in [0.4, 0.5) is 0 Å². The summed E-state index contributed by atoms with van der Waals surface area (Å²) in [7, 11) is 1.66. The number of aromatic nitrogens is 4. The Bertz CT molecular complexity index is 339. The molecule has 0 bridgehead atoms. The Balaban J connectivity index is 1.90. The molecule has 1 aromatic rings. The van der Waals surface area contributed by atoms with Crippen LogP contribution in [-0.4, -0.2) is 45.7 Å². The van der Waals surface area contributed by atoms with Gasteiger partial charge in [-0.15, -0.1) is 5.10 Å². The lowest BCUT2D eigenvalue weighted by atomic mass is 10.3. The van der Waals surface area contributed by atoms with Gasteiger partial charge in [-0.05, 0) is 23.3 Å². The Morgan fingerprint density at radius 3 is 3.00 bits per heavy atom. The van der Waals surface area contributed by atoms with Crippen molar-refractivity contribution < 1.29 is 4.74 Å². The molecule has 0 amide bonds. The number of tetrazole rings is 1. The summed E-state index contributed by atoms with van der Waals surface area (Å²) in [4.78, 5) is 0. The van der Waals surface area contributed by atoms with Gasteiger partial charge in [-0.3, -0.25) is 0 Å².